The number of fused-ring (bicyclic) bond motifs is 1. The maximum atomic E-state index is 10.7. The molecule has 0 saturated heterocycles. The molecule has 1 aliphatic rings. The van der Waals surface area contributed by atoms with Gasteiger partial charge in [-0.1, -0.05) is 16.8 Å². The largest absolute Gasteiger partial charge is 0.443 e. The molecule has 1 N–H and O–H groups in total. The number of aldehydes is 1. The average Bonchev–Trinajstić information content (AvgIpc) is 3.24. The highest BCUT2D eigenvalue weighted by Gasteiger charge is 2.21. The first kappa shape index (κ1) is 13.6. The predicted molar refractivity (Wildman–Crippen MR) is 80.7 cm³/mol. The second kappa shape index (κ2) is 5.33. The summed E-state index contributed by atoms with van der Waals surface area (Å²) in [7, 11) is 0. The van der Waals surface area contributed by atoms with E-state index in [0.717, 1.165) is 5.56 Å². The summed E-state index contributed by atoms with van der Waals surface area (Å²) in [5.41, 5.74) is 3.01. The van der Waals surface area contributed by atoms with Gasteiger partial charge in [-0.25, -0.2) is 15.0 Å². The van der Waals surface area contributed by atoms with E-state index in [9.17, 15) is 4.79 Å². The van der Waals surface area contributed by atoms with E-state index in [2.05, 4.69) is 25.4 Å². The summed E-state index contributed by atoms with van der Waals surface area (Å²) in [6.45, 7) is 0. The molecule has 3 heterocycles. The number of hydrogen-bond acceptors (Lipinski definition) is 8. The predicted octanol–water partition coefficient (Wildman–Crippen LogP) is 1.74. The van der Waals surface area contributed by atoms with Crippen LogP contribution in [0, 0.1) is 0 Å². The van der Waals surface area contributed by atoms with Gasteiger partial charge < -0.3 is 14.6 Å². The van der Waals surface area contributed by atoms with Crippen molar-refractivity contribution < 1.29 is 14.0 Å². The number of carbonyl (C=O) groups is 1. The molecule has 0 amide bonds. The molecule has 1 aliphatic heterocycles. The van der Waals surface area contributed by atoms with Crippen LogP contribution in [0.3, 0.4) is 0 Å². The first-order valence-electron chi connectivity index (χ1n) is 6.56. The van der Waals surface area contributed by atoms with Crippen molar-refractivity contribution in [1.29, 1.82) is 0 Å². The van der Waals surface area contributed by atoms with Crippen LogP contribution < -0.4 is 5.32 Å². The molecule has 9 heteroatoms. The third kappa shape index (κ3) is 2.38. The zero-order valence-corrected chi connectivity index (χ0v) is 12.2. The minimum Gasteiger partial charge on any atom is -0.443 e. The maximum absolute atomic E-state index is 10.7. The number of halogens is 1. The normalized spacial score (nSPS) is 16.7. The number of hydrogen-bond donors (Lipinski definition) is 1. The van der Waals surface area contributed by atoms with Crippen molar-refractivity contribution in [3.63, 3.8) is 0 Å². The van der Waals surface area contributed by atoms with Crippen LogP contribution in [0.5, 0.6) is 0 Å². The smallest absolute Gasteiger partial charge is 0.254 e. The van der Waals surface area contributed by atoms with Crippen LogP contribution in [0.2, 0.25) is 5.02 Å². The summed E-state index contributed by atoms with van der Waals surface area (Å²) in [5.74, 6) is 0.359. The minimum absolute atomic E-state index is 0.359. The maximum Gasteiger partial charge on any atom is 0.254 e. The molecular formula is C14H8ClN5O3. The Hall–Kier alpha value is -3.00. The Balaban J connectivity index is 1.74. The Kier molecular flexibility index (Phi) is 3.16. The van der Waals surface area contributed by atoms with E-state index >= 15 is 0 Å². The molecule has 23 heavy (non-hydrogen) atoms. The lowest BCUT2D eigenvalue weighted by Crippen LogP contribution is -2.31. The van der Waals surface area contributed by atoms with Gasteiger partial charge in [-0.2, -0.15) is 0 Å². The fraction of sp³-hybridized carbons (Fsp3) is 0.0714. The molecule has 0 fully saturated rings. The van der Waals surface area contributed by atoms with E-state index in [4.69, 9.17) is 20.9 Å². The molecule has 1 atom stereocenters. The van der Waals surface area contributed by atoms with E-state index in [1.165, 1.54) is 12.7 Å². The summed E-state index contributed by atoms with van der Waals surface area (Å²) >= 11 is 6.20. The highest BCUT2D eigenvalue weighted by atomic mass is 35.5. The van der Waals surface area contributed by atoms with Gasteiger partial charge in [-0.3, -0.25) is 4.79 Å². The van der Waals surface area contributed by atoms with Crippen molar-refractivity contribution >= 4 is 34.8 Å². The van der Waals surface area contributed by atoms with Crippen molar-refractivity contribution in [3.05, 3.63) is 41.6 Å². The van der Waals surface area contributed by atoms with Gasteiger partial charge in [0.05, 0.1) is 10.7 Å². The van der Waals surface area contributed by atoms with Gasteiger partial charge in [0, 0.05) is 5.56 Å². The Morgan fingerprint density at radius 3 is 2.87 bits per heavy atom. The molecule has 2 aromatic heterocycles. The lowest BCUT2D eigenvalue weighted by molar-refractivity contribution is -0.117. The van der Waals surface area contributed by atoms with Crippen LogP contribution in [0.15, 0.2) is 40.5 Å². The molecule has 0 saturated carbocycles. The molecule has 0 spiro atoms. The van der Waals surface area contributed by atoms with Crippen molar-refractivity contribution in [1.82, 2.24) is 20.3 Å². The number of oxime groups is 1. The fourth-order valence-electron chi connectivity index (χ4n) is 2.19. The zero-order chi connectivity index (χ0) is 15.8. The van der Waals surface area contributed by atoms with Crippen LogP contribution in [0.1, 0.15) is 5.69 Å². The summed E-state index contributed by atoms with van der Waals surface area (Å²) in [4.78, 5) is 28.0. The molecular weight excluding hydrogens is 322 g/mol. The topological polar surface area (TPSA) is 103 Å². The second-order valence-electron chi connectivity index (χ2n) is 4.69. The van der Waals surface area contributed by atoms with Crippen molar-refractivity contribution in [2.45, 2.75) is 6.23 Å². The number of aromatic nitrogens is 3. The highest BCUT2D eigenvalue weighted by Crippen LogP contribution is 2.29. The Morgan fingerprint density at radius 1 is 1.17 bits per heavy atom. The van der Waals surface area contributed by atoms with Crippen LogP contribution >= 0.6 is 11.6 Å². The van der Waals surface area contributed by atoms with Crippen LogP contribution in [-0.4, -0.2) is 33.3 Å². The average molecular weight is 330 g/mol. The molecule has 0 radical (unpaired) electrons. The second-order valence-corrected chi connectivity index (χ2v) is 5.10. The number of nitrogens with one attached hydrogen (secondary N) is 1. The SMILES string of the molecule is O=CC1NC(c2cc(-c3cc(Cl)c4ncoc4c3)ncn2)=NO1. The number of amidine groups is 1. The zero-order valence-electron chi connectivity index (χ0n) is 11.4. The van der Waals surface area contributed by atoms with Crippen LogP contribution in [0.4, 0.5) is 0 Å². The van der Waals surface area contributed by atoms with Gasteiger partial charge in [-0.15, -0.1) is 0 Å². The van der Waals surface area contributed by atoms with Gasteiger partial charge in [0.2, 0.25) is 0 Å². The van der Waals surface area contributed by atoms with Gasteiger partial charge in [0.25, 0.3) is 6.23 Å². The number of rotatable bonds is 3. The molecule has 1 unspecified atom stereocenters. The van der Waals surface area contributed by atoms with Gasteiger partial charge in [0.1, 0.15) is 17.5 Å². The van der Waals surface area contributed by atoms with Crippen molar-refractivity contribution in [3.8, 4) is 11.3 Å². The number of benzene rings is 1. The highest BCUT2D eigenvalue weighted by molar-refractivity contribution is 6.35. The third-order valence-corrected chi connectivity index (χ3v) is 3.54. The van der Waals surface area contributed by atoms with E-state index in [1.54, 1.807) is 18.2 Å². The molecule has 114 valence electrons. The fourth-order valence-corrected chi connectivity index (χ4v) is 2.45. The quantitative estimate of drug-likeness (QED) is 0.730. The van der Waals surface area contributed by atoms with Gasteiger partial charge >= 0.3 is 0 Å². The Bertz CT molecular complexity index is 939. The molecule has 1 aromatic carbocycles. The minimum atomic E-state index is -0.802. The molecule has 8 nitrogen and oxygen atoms in total. The molecule has 3 aromatic rings. The standard InChI is InChI=1S/C14H8ClN5O3/c15-8-1-7(2-11-13(8)18-6-22-11)9-3-10(17-5-16-9)14-19-12(4-21)23-20-14/h1-6,12H,(H,19,20). The Labute approximate surface area is 134 Å². The van der Waals surface area contributed by atoms with E-state index in [0.29, 0.717) is 39.6 Å². The summed E-state index contributed by atoms with van der Waals surface area (Å²) in [6, 6.07) is 5.23. The van der Waals surface area contributed by atoms with E-state index in [1.807, 2.05) is 0 Å². The first-order chi connectivity index (χ1) is 11.2. The summed E-state index contributed by atoms with van der Waals surface area (Å²) < 4.78 is 5.29. The van der Waals surface area contributed by atoms with E-state index in [-0.39, 0.29) is 0 Å². The molecule has 4 rings (SSSR count). The van der Waals surface area contributed by atoms with Gasteiger partial charge in [-0.05, 0) is 18.2 Å². The lowest BCUT2D eigenvalue weighted by atomic mass is 10.1. The first-order valence-corrected chi connectivity index (χ1v) is 6.93. The van der Waals surface area contributed by atoms with Crippen molar-refractivity contribution in [2.24, 2.45) is 5.16 Å². The number of oxazole rings is 1. The Morgan fingerprint density at radius 2 is 2.04 bits per heavy atom. The third-order valence-electron chi connectivity index (χ3n) is 3.26. The summed E-state index contributed by atoms with van der Waals surface area (Å²) in [6.07, 6.45) is 2.53. The van der Waals surface area contributed by atoms with Crippen molar-refractivity contribution in [2.75, 3.05) is 0 Å². The lowest BCUT2D eigenvalue weighted by Gasteiger charge is -2.05. The van der Waals surface area contributed by atoms with E-state index < -0.39 is 6.23 Å². The number of nitrogens with zero attached hydrogens (tertiary/aromatic N) is 4. The monoisotopic (exact) mass is 329 g/mol. The molecule has 0 bridgehead atoms. The number of carbonyl (C=O) groups excluding carboxylic acids is 1. The van der Waals surface area contributed by atoms with Crippen LogP contribution in [-0.2, 0) is 9.63 Å². The molecule has 0 aliphatic carbocycles. The van der Waals surface area contributed by atoms with Gasteiger partial charge in [0.15, 0.2) is 24.1 Å². The summed E-state index contributed by atoms with van der Waals surface area (Å²) in [5, 5.41) is 7.03. The van der Waals surface area contributed by atoms with Crippen LogP contribution in [0.25, 0.3) is 22.4 Å².